The Hall–Kier alpha value is -2.64. The average molecular weight is 495 g/mol. The van der Waals surface area contributed by atoms with Crippen LogP contribution in [0.3, 0.4) is 0 Å². The van der Waals surface area contributed by atoms with Gasteiger partial charge in [0.25, 0.3) is 0 Å². The summed E-state index contributed by atoms with van der Waals surface area (Å²) in [5, 5.41) is 0. The molecule has 0 N–H and O–H groups in total. The van der Waals surface area contributed by atoms with Crippen molar-refractivity contribution in [2.45, 2.75) is 10.8 Å². The Balaban J connectivity index is 1.57. The molecule has 0 amide bonds. The summed E-state index contributed by atoms with van der Waals surface area (Å²) in [7, 11) is 0. The normalized spacial score (nSPS) is 21.2. The van der Waals surface area contributed by atoms with Crippen molar-refractivity contribution in [2.24, 2.45) is 0 Å². The maximum atomic E-state index is 12.4. The molecule has 190 valence electrons. The molecule has 0 aliphatic heterocycles. The van der Waals surface area contributed by atoms with Crippen LogP contribution in [0.25, 0.3) is 0 Å². The monoisotopic (exact) mass is 494 g/mol. The first-order valence-corrected chi connectivity index (χ1v) is 12.5. The minimum atomic E-state index is -0.496. The van der Waals surface area contributed by atoms with Crippen LogP contribution in [-0.4, -0.2) is 66.2 Å². The Morgan fingerprint density at radius 2 is 0.694 bits per heavy atom. The molecule has 0 aromatic heterocycles. The lowest BCUT2D eigenvalue weighted by atomic mass is 9.47. The predicted molar refractivity (Wildman–Crippen MR) is 134 cm³/mol. The molecule has 2 bridgehead atoms. The van der Waals surface area contributed by atoms with Crippen molar-refractivity contribution in [1.82, 2.24) is 0 Å². The van der Waals surface area contributed by atoms with Gasteiger partial charge in [0, 0.05) is 0 Å². The fraction of sp³-hybridized carbons (Fsp3) is 0.400. The molecule has 0 saturated carbocycles. The Morgan fingerprint density at radius 3 is 0.972 bits per heavy atom. The highest BCUT2D eigenvalue weighted by atomic mass is 19.1. The second-order valence-electron chi connectivity index (χ2n) is 9.16. The number of hydrogen-bond acceptors (Lipinski definition) is 4. The molecule has 4 nitrogen and oxygen atoms in total. The molecule has 6 heteroatoms. The van der Waals surface area contributed by atoms with Gasteiger partial charge in [-0.25, -0.2) is 8.78 Å². The van der Waals surface area contributed by atoms with Crippen molar-refractivity contribution in [2.75, 3.05) is 66.2 Å². The summed E-state index contributed by atoms with van der Waals surface area (Å²) in [5.41, 5.74) is 6.32. The molecular formula is C30H32F2O4. The second-order valence-corrected chi connectivity index (χ2v) is 9.16. The summed E-state index contributed by atoms with van der Waals surface area (Å²) >= 11 is 0. The smallest absolute Gasteiger partial charge is 0.113 e. The van der Waals surface area contributed by atoms with E-state index in [1.165, 1.54) is 33.4 Å². The number of hydrogen-bond donors (Lipinski definition) is 0. The zero-order valence-electron chi connectivity index (χ0n) is 20.4. The lowest BCUT2D eigenvalue weighted by Crippen LogP contribution is -2.54. The first-order chi connectivity index (χ1) is 17.8. The average Bonchev–Trinajstić information content (AvgIpc) is 2.93. The first-order valence-electron chi connectivity index (χ1n) is 12.5. The van der Waals surface area contributed by atoms with E-state index in [0.29, 0.717) is 39.6 Å². The molecule has 0 saturated heterocycles. The summed E-state index contributed by atoms with van der Waals surface area (Å²) < 4.78 is 47.9. The molecule has 0 radical (unpaired) electrons. The van der Waals surface area contributed by atoms with Crippen LogP contribution in [0, 0.1) is 0 Å². The summed E-state index contributed by atoms with van der Waals surface area (Å²) in [4.78, 5) is 0. The number of alkyl halides is 2. The van der Waals surface area contributed by atoms with E-state index in [1.807, 2.05) is 0 Å². The van der Waals surface area contributed by atoms with Crippen LogP contribution >= 0.6 is 0 Å². The highest BCUT2D eigenvalue weighted by Crippen LogP contribution is 2.61. The van der Waals surface area contributed by atoms with E-state index in [9.17, 15) is 8.78 Å². The van der Waals surface area contributed by atoms with Crippen molar-refractivity contribution in [3.63, 3.8) is 0 Å². The van der Waals surface area contributed by atoms with E-state index in [2.05, 4.69) is 72.8 Å². The molecule has 0 spiro atoms. The highest BCUT2D eigenvalue weighted by molar-refractivity contribution is 5.75. The highest BCUT2D eigenvalue weighted by Gasteiger charge is 2.58. The zero-order chi connectivity index (χ0) is 24.8. The van der Waals surface area contributed by atoms with Gasteiger partial charge in [-0.05, 0) is 33.4 Å². The molecule has 0 fully saturated rings. The first kappa shape index (κ1) is 25.0. The number of ether oxygens (including phenoxy) is 4. The molecule has 3 aliphatic rings. The molecule has 0 unspecified atom stereocenters. The fourth-order valence-electron chi connectivity index (χ4n) is 6.02. The van der Waals surface area contributed by atoms with Gasteiger partial charge < -0.3 is 18.9 Å². The van der Waals surface area contributed by atoms with Gasteiger partial charge in [-0.1, -0.05) is 72.8 Å². The van der Waals surface area contributed by atoms with Gasteiger partial charge >= 0.3 is 0 Å². The van der Waals surface area contributed by atoms with E-state index in [-0.39, 0.29) is 13.2 Å². The summed E-state index contributed by atoms with van der Waals surface area (Å²) in [5.74, 6) is 0. The molecule has 3 aromatic carbocycles. The van der Waals surface area contributed by atoms with Crippen LogP contribution in [0.5, 0.6) is 0 Å². The molecule has 6 rings (SSSR count). The lowest BCUT2D eigenvalue weighted by Gasteiger charge is -2.56. The molecule has 36 heavy (non-hydrogen) atoms. The third kappa shape index (κ3) is 4.06. The largest absolute Gasteiger partial charge is 0.377 e. The van der Waals surface area contributed by atoms with Gasteiger partial charge in [0.1, 0.15) is 13.3 Å². The van der Waals surface area contributed by atoms with E-state index >= 15 is 0 Å². The van der Waals surface area contributed by atoms with Crippen molar-refractivity contribution in [3.8, 4) is 0 Å². The topological polar surface area (TPSA) is 36.9 Å². The van der Waals surface area contributed by atoms with Crippen LogP contribution in [0.2, 0.25) is 0 Å². The maximum Gasteiger partial charge on any atom is 0.113 e. The Labute approximate surface area is 211 Å². The summed E-state index contributed by atoms with van der Waals surface area (Å²) in [6, 6.07) is 25.7. The molecule has 0 atom stereocenters. The number of rotatable bonds is 14. The third-order valence-electron chi connectivity index (χ3n) is 7.36. The Kier molecular flexibility index (Phi) is 7.77. The third-order valence-corrected chi connectivity index (χ3v) is 7.36. The van der Waals surface area contributed by atoms with Crippen molar-refractivity contribution >= 4 is 0 Å². The van der Waals surface area contributed by atoms with Crippen molar-refractivity contribution < 1.29 is 27.7 Å². The summed E-state index contributed by atoms with van der Waals surface area (Å²) in [6.07, 6.45) is 0. The van der Waals surface area contributed by atoms with Gasteiger partial charge in [-0.3, -0.25) is 0 Å². The number of benzene rings is 3. The van der Waals surface area contributed by atoms with Crippen LogP contribution in [0.4, 0.5) is 8.78 Å². The zero-order valence-corrected chi connectivity index (χ0v) is 20.4. The Bertz CT molecular complexity index is 958. The van der Waals surface area contributed by atoms with Crippen molar-refractivity contribution in [1.29, 1.82) is 0 Å². The van der Waals surface area contributed by atoms with Gasteiger partial charge in [-0.2, -0.15) is 0 Å². The SMILES string of the molecule is FCCOCCOCC12c3ccccc3C(COCCOCCF)(c3ccccc31)c1ccccc12. The predicted octanol–water partition coefficient (Wildman–Crippen LogP) is 4.99. The minimum Gasteiger partial charge on any atom is -0.377 e. The van der Waals surface area contributed by atoms with Gasteiger partial charge in [0.15, 0.2) is 0 Å². The molecular weight excluding hydrogens is 462 g/mol. The standard InChI is InChI=1S/C30H32F2O4/c31-13-15-33-17-19-35-21-29-23-7-1-2-8-24(23)30(22-36-20-18-34-16-14-32,27-11-5-3-9-25(27)29)28-12-6-4-10-26(28)29/h1-12H,13-22H2. The number of halogens is 2. The quantitative estimate of drug-likeness (QED) is 0.296. The summed E-state index contributed by atoms with van der Waals surface area (Å²) in [6.45, 7) is 1.57. The van der Waals surface area contributed by atoms with Gasteiger partial charge in [0.05, 0.1) is 63.7 Å². The van der Waals surface area contributed by atoms with Gasteiger partial charge in [0.2, 0.25) is 0 Å². The maximum absolute atomic E-state index is 12.4. The molecule has 3 aromatic rings. The van der Waals surface area contributed by atoms with Gasteiger partial charge in [-0.15, -0.1) is 0 Å². The van der Waals surface area contributed by atoms with Crippen molar-refractivity contribution in [3.05, 3.63) is 106 Å². The van der Waals surface area contributed by atoms with Crippen LogP contribution in [0.1, 0.15) is 33.4 Å². The van der Waals surface area contributed by atoms with E-state index in [4.69, 9.17) is 18.9 Å². The Morgan fingerprint density at radius 1 is 0.417 bits per heavy atom. The lowest BCUT2D eigenvalue weighted by molar-refractivity contribution is 0.0236. The second kappa shape index (κ2) is 11.2. The fourth-order valence-corrected chi connectivity index (χ4v) is 6.02. The van der Waals surface area contributed by atoms with E-state index < -0.39 is 24.2 Å². The van der Waals surface area contributed by atoms with Crippen LogP contribution in [0.15, 0.2) is 72.8 Å². The van der Waals surface area contributed by atoms with E-state index in [1.54, 1.807) is 0 Å². The van der Waals surface area contributed by atoms with E-state index in [0.717, 1.165) is 0 Å². The van der Waals surface area contributed by atoms with Crippen LogP contribution in [-0.2, 0) is 29.8 Å². The molecule has 0 heterocycles. The minimum absolute atomic E-state index is 0.0876. The molecule has 3 aliphatic carbocycles. The van der Waals surface area contributed by atoms with Crippen LogP contribution < -0.4 is 0 Å².